The minimum Gasteiger partial charge on any atom is -0.444 e. The van der Waals surface area contributed by atoms with Crippen molar-refractivity contribution in [2.24, 2.45) is 0 Å². The van der Waals surface area contributed by atoms with E-state index in [-0.39, 0.29) is 18.0 Å². The number of rotatable bonds is 3. The third kappa shape index (κ3) is 4.40. The van der Waals surface area contributed by atoms with Gasteiger partial charge < -0.3 is 19.9 Å². The number of nitrogens with zero attached hydrogens (tertiary/aromatic N) is 2. The molecule has 1 heterocycles. The van der Waals surface area contributed by atoms with Gasteiger partial charge in [-0.05, 0) is 45.4 Å². The molecule has 6 nitrogen and oxygen atoms in total. The zero-order chi connectivity index (χ0) is 18.1. The second-order valence-electron chi connectivity index (χ2n) is 7.46. The summed E-state index contributed by atoms with van der Waals surface area (Å²) in [6.07, 6.45) is -0.284. The maximum atomic E-state index is 12.1. The van der Waals surface area contributed by atoms with E-state index < -0.39 is 5.60 Å². The molecule has 0 saturated carbocycles. The summed E-state index contributed by atoms with van der Waals surface area (Å²) in [7, 11) is 3.47. The molecule has 0 atom stereocenters. The maximum absolute atomic E-state index is 12.1. The highest BCUT2D eigenvalue weighted by Gasteiger charge is 2.33. The second kappa shape index (κ2) is 6.71. The van der Waals surface area contributed by atoms with Crippen LogP contribution in [0.3, 0.4) is 0 Å². The van der Waals surface area contributed by atoms with Crippen LogP contribution >= 0.6 is 0 Å². The molecule has 1 saturated heterocycles. The number of nitrogens with one attached hydrogen (secondary N) is 1. The third-order valence-corrected chi connectivity index (χ3v) is 3.78. The van der Waals surface area contributed by atoms with E-state index in [1.807, 2.05) is 45.9 Å². The van der Waals surface area contributed by atoms with Gasteiger partial charge in [0.2, 0.25) is 0 Å². The smallest absolute Gasteiger partial charge is 0.410 e. The van der Waals surface area contributed by atoms with Gasteiger partial charge in [0, 0.05) is 38.4 Å². The summed E-state index contributed by atoms with van der Waals surface area (Å²) in [4.78, 5) is 27.3. The maximum Gasteiger partial charge on any atom is 0.410 e. The first-order valence-electron chi connectivity index (χ1n) is 8.13. The van der Waals surface area contributed by atoms with Gasteiger partial charge in [-0.2, -0.15) is 0 Å². The van der Waals surface area contributed by atoms with Crippen LogP contribution in [-0.4, -0.2) is 60.6 Å². The highest BCUT2D eigenvalue weighted by molar-refractivity contribution is 5.95. The lowest BCUT2D eigenvalue weighted by Gasteiger charge is -2.40. The molecule has 1 aliphatic heterocycles. The Hall–Kier alpha value is -2.24. The largest absolute Gasteiger partial charge is 0.444 e. The monoisotopic (exact) mass is 333 g/mol. The average Bonchev–Trinajstić information content (AvgIpc) is 2.41. The fraction of sp³-hybridized carbons (Fsp3) is 0.556. The minimum atomic E-state index is -0.479. The molecule has 0 unspecified atom stereocenters. The predicted molar refractivity (Wildman–Crippen MR) is 94.4 cm³/mol. The molecule has 0 radical (unpaired) electrons. The third-order valence-electron chi connectivity index (χ3n) is 3.78. The van der Waals surface area contributed by atoms with Crippen molar-refractivity contribution in [1.82, 2.24) is 9.80 Å². The van der Waals surface area contributed by atoms with Crippen molar-refractivity contribution in [1.29, 1.82) is 0 Å². The van der Waals surface area contributed by atoms with Gasteiger partial charge >= 0.3 is 6.09 Å². The van der Waals surface area contributed by atoms with E-state index in [1.54, 1.807) is 23.9 Å². The summed E-state index contributed by atoms with van der Waals surface area (Å²) >= 11 is 0. The van der Waals surface area contributed by atoms with Crippen molar-refractivity contribution in [3.8, 4) is 0 Å². The predicted octanol–water partition coefficient (Wildman–Crippen LogP) is 2.73. The molecule has 0 aromatic heterocycles. The number of amides is 2. The van der Waals surface area contributed by atoms with E-state index in [2.05, 4.69) is 5.32 Å². The average molecular weight is 333 g/mol. The van der Waals surface area contributed by atoms with Crippen molar-refractivity contribution in [2.75, 3.05) is 32.5 Å². The van der Waals surface area contributed by atoms with Crippen LogP contribution in [0.5, 0.6) is 0 Å². The van der Waals surface area contributed by atoms with Gasteiger partial charge in [0.15, 0.2) is 0 Å². The lowest BCUT2D eigenvalue weighted by atomic mass is 10.1. The molecular weight excluding hydrogens is 306 g/mol. The Morgan fingerprint density at radius 3 is 2.42 bits per heavy atom. The zero-order valence-electron chi connectivity index (χ0n) is 15.3. The molecule has 24 heavy (non-hydrogen) atoms. The van der Waals surface area contributed by atoms with E-state index in [4.69, 9.17) is 4.74 Å². The summed E-state index contributed by atoms with van der Waals surface area (Å²) in [5.74, 6) is -0.0259. The van der Waals surface area contributed by atoms with Gasteiger partial charge in [-0.25, -0.2) is 4.79 Å². The van der Waals surface area contributed by atoms with Crippen molar-refractivity contribution < 1.29 is 14.3 Å². The Kier molecular flexibility index (Phi) is 5.06. The van der Waals surface area contributed by atoms with E-state index in [0.29, 0.717) is 18.7 Å². The summed E-state index contributed by atoms with van der Waals surface area (Å²) in [5.41, 5.74) is 2.17. The first-order chi connectivity index (χ1) is 11.1. The molecule has 2 amide bonds. The van der Waals surface area contributed by atoms with Gasteiger partial charge in [-0.1, -0.05) is 6.07 Å². The highest BCUT2D eigenvalue weighted by Crippen LogP contribution is 2.22. The van der Waals surface area contributed by atoms with Gasteiger partial charge in [-0.15, -0.1) is 0 Å². The lowest BCUT2D eigenvalue weighted by Crippen LogP contribution is -2.58. The summed E-state index contributed by atoms with van der Waals surface area (Å²) in [6.45, 7) is 8.77. The van der Waals surface area contributed by atoms with Crippen LogP contribution in [0.2, 0.25) is 0 Å². The number of aryl methyl sites for hydroxylation is 1. The molecule has 132 valence electrons. The van der Waals surface area contributed by atoms with Crippen LogP contribution in [-0.2, 0) is 4.74 Å². The molecule has 2 rings (SSSR count). The summed E-state index contributed by atoms with van der Waals surface area (Å²) in [5, 5.41) is 3.41. The number of carbonyl (C=O) groups excluding carboxylic acids is 2. The van der Waals surface area contributed by atoms with Crippen LogP contribution < -0.4 is 5.32 Å². The normalized spacial score (nSPS) is 14.8. The molecule has 1 N–H and O–H groups in total. The van der Waals surface area contributed by atoms with Crippen molar-refractivity contribution >= 4 is 17.7 Å². The Balaban J connectivity index is 1.95. The Bertz CT molecular complexity index is 629. The fourth-order valence-corrected chi connectivity index (χ4v) is 2.43. The molecule has 1 aliphatic rings. The van der Waals surface area contributed by atoms with Crippen LogP contribution in [0.4, 0.5) is 10.5 Å². The number of carbonyl (C=O) groups is 2. The zero-order valence-corrected chi connectivity index (χ0v) is 15.3. The van der Waals surface area contributed by atoms with Crippen LogP contribution in [0.1, 0.15) is 36.7 Å². The fourth-order valence-electron chi connectivity index (χ4n) is 2.43. The number of hydrogen-bond acceptors (Lipinski definition) is 4. The molecule has 6 heteroatoms. The summed E-state index contributed by atoms with van der Waals surface area (Å²) < 4.78 is 5.35. The number of anilines is 1. The number of benzene rings is 1. The van der Waals surface area contributed by atoms with E-state index in [9.17, 15) is 9.59 Å². The molecule has 1 fully saturated rings. The molecule has 1 aromatic rings. The van der Waals surface area contributed by atoms with Gasteiger partial charge in [0.05, 0.1) is 6.04 Å². The minimum absolute atomic E-state index is 0.0259. The van der Waals surface area contributed by atoms with Gasteiger partial charge in [0.25, 0.3) is 5.91 Å². The Morgan fingerprint density at radius 2 is 1.88 bits per heavy atom. The van der Waals surface area contributed by atoms with Crippen molar-refractivity contribution in [2.45, 2.75) is 39.3 Å². The van der Waals surface area contributed by atoms with Crippen molar-refractivity contribution in [3.05, 3.63) is 29.3 Å². The van der Waals surface area contributed by atoms with E-state index in [1.165, 1.54) is 0 Å². The molecular formula is C18H27N3O3. The van der Waals surface area contributed by atoms with Crippen molar-refractivity contribution in [3.63, 3.8) is 0 Å². The quantitative estimate of drug-likeness (QED) is 0.924. The van der Waals surface area contributed by atoms with Crippen LogP contribution in [0, 0.1) is 6.92 Å². The SMILES string of the molecule is Cc1ccc(C(=O)N(C)C)cc1NC1CN(C(=O)OC(C)(C)C)C1. The first-order valence-corrected chi connectivity index (χ1v) is 8.13. The number of ether oxygens (including phenoxy) is 1. The summed E-state index contributed by atoms with van der Waals surface area (Å²) in [6, 6.07) is 5.80. The Morgan fingerprint density at radius 1 is 1.25 bits per heavy atom. The van der Waals surface area contributed by atoms with Crippen LogP contribution in [0.25, 0.3) is 0 Å². The first kappa shape index (κ1) is 18.1. The van der Waals surface area contributed by atoms with E-state index >= 15 is 0 Å². The van der Waals surface area contributed by atoms with Gasteiger partial charge in [0.1, 0.15) is 5.60 Å². The van der Waals surface area contributed by atoms with Gasteiger partial charge in [-0.3, -0.25) is 4.79 Å². The van der Waals surface area contributed by atoms with Crippen LogP contribution in [0.15, 0.2) is 18.2 Å². The number of likely N-dealkylation sites (tertiary alicyclic amines) is 1. The Labute approximate surface area is 143 Å². The molecule has 1 aromatic carbocycles. The lowest BCUT2D eigenvalue weighted by molar-refractivity contribution is 0.0105. The van der Waals surface area contributed by atoms with E-state index in [0.717, 1.165) is 11.3 Å². The number of hydrogen-bond donors (Lipinski definition) is 1. The standard InChI is InChI=1S/C18H27N3O3/c1-12-7-8-13(16(22)20(5)6)9-15(12)19-14-10-21(11-14)17(23)24-18(2,3)4/h7-9,14,19H,10-11H2,1-6H3. The molecule has 0 aliphatic carbocycles. The topological polar surface area (TPSA) is 61.9 Å². The molecule has 0 spiro atoms. The second-order valence-corrected chi connectivity index (χ2v) is 7.46. The highest BCUT2D eigenvalue weighted by atomic mass is 16.6. The molecule has 0 bridgehead atoms.